The van der Waals surface area contributed by atoms with Crippen LogP contribution in [-0.4, -0.2) is 11.7 Å². The molecule has 1 aliphatic rings. The molecule has 1 nitrogen and oxygen atoms in total. The van der Waals surface area contributed by atoms with E-state index in [1.165, 1.54) is 19.3 Å². The fraction of sp³-hybridized carbons (Fsp3) is 0.875. The molecule has 0 saturated heterocycles. The van der Waals surface area contributed by atoms with Crippen molar-refractivity contribution in [2.75, 3.05) is 6.61 Å². The third-order valence-electron chi connectivity index (χ3n) is 4.87. The molecule has 3 atom stereocenters. The number of aliphatic hydroxyl groups excluding tert-OH is 1. The SMILES string of the molecule is CC1=CC[C@H](CC[C@@H](C)C[C@@H](C)CO)C1(C)C. The first kappa shape index (κ1) is 14.8. The van der Waals surface area contributed by atoms with Crippen LogP contribution in [0.5, 0.6) is 0 Å². The maximum atomic E-state index is 9.07. The van der Waals surface area contributed by atoms with Crippen LogP contribution in [0, 0.1) is 23.2 Å². The van der Waals surface area contributed by atoms with Crippen LogP contribution in [-0.2, 0) is 0 Å². The summed E-state index contributed by atoms with van der Waals surface area (Å²) in [5.41, 5.74) is 1.97. The minimum Gasteiger partial charge on any atom is -0.396 e. The molecule has 1 heteroatoms. The second-order valence-electron chi connectivity index (χ2n) is 6.75. The van der Waals surface area contributed by atoms with E-state index < -0.39 is 0 Å². The largest absolute Gasteiger partial charge is 0.396 e. The summed E-state index contributed by atoms with van der Waals surface area (Å²) >= 11 is 0. The Morgan fingerprint density at radius 3 is 2.47 bits per heavy atom. The molecule has 1 N–H and O–H groups in total. The summed E-state index contributed by atoms with van der Waals surface area (Å²) in [6.45, 7) is 11.8. The van der Waals surface area contributed by atoms with Crippen LogP contribution in [0.25, 0.3) is 0 Å². The van der Waals surface area contributed by atoms with Crippen molar-refractivity contribution in [2.45, 2.75) is 60.3 Å². The molecule has 0 aromatic carbocycles. The molecule has 0 radical (unpaired) electrons. The van der Waals surface area contributed by atoms with Crippen molar-refractivity contribution in [3.63, 3.8) is 0 Å². The van der Waals surface area contributed by atoms with E-state index in [1.807, 2.05) is 0 Å². The Labute approximate surface area is 107 Å². The standard InChI is InChI=1S/C16H30O/c1-12(10-13(2)11-17)6-8-15-9-7-14(3)16(15,4)5/h7,12-13,15,17H,6,8-11H2,1-5H3/t12-,13-,15+/m1/s1. The van der Waals surface area contributed by atoms with Gasteiger partial charge in [-0.2, -0.15) is 0 Å². The zero-order chi connectivity index (χ0) is 13.1. The lowest BCUT2D eigenvalue weighted by Crippen LogP contribution is -2.21. The third kappa shape index (κ3) is 3.84. The Morgan fingerprint density at radius 1 is 1.35 bits per heavy atom. The highest BCUT2D eigenvalue weighted by atomic mass is 16.3. The van der Waals surface area contributed by atoms with Gasteiger partial charge < -0.3 is 5.11 Å². The molecule has 1 rings (SSSR count). The van der Waals surface area contributed by atoms with Gasteiger partial charge in [-0.15, -0.1) is 0 Å². The summed E-state index contributed by atoms with van der Waals surface area (Å²) in [6.07, 6.45) is 7.49. The van der Waals surface area contributed by atoms with Gasteiger partial charge in [0.05, 0.1) is 0 Å². The molecule has 0 bridgehead atoms. The van der Waals surface area contributed by atoms with E-state index in [9.17, 15) is 0 Å². The van der Waals surface area contributed by atoms with Gasteiger partial charge in [0, 0.05) is 6.61 Å². The molecule has 0 aromatic heterocycles. The lowest BCUT2D eigenvalue weighted by molar-refractivity contribution is 0.202. The molecule has 0 spiro atoms. The van der Waals surface area contributed by atoms with E-state index in [1.54, 1.807) is 5.57 Å². The molecule has 0 aliphatic heterocycles. The van der Waals surface area contributed by atoms with Crippen LogP contribution in [0.15, 0.2) is 11.6 Å². The third-order valence-corrected chi connectivity index (χ3v) is 4.87. The first-order chi connectivity index (χ1) is 7.87. The van der Waals surface area contributed by atoms with Crippen molar-refractivity contribution in [3.05, 3.63) is 11.6 Å². The molecule has 0 fully saturated rings. The van der Waals surface area contributed by atoms with E-state index in [2.05, 4.69) is 40.7 Å². The summed E-state index contributed by atoms with van der Waals surface area (Å²) < 4.78 is 0. The highest BCUT2D eigenvalue weighted by molar-refractivity contribution is 5.18. The number of aliphatic hydroxyl groups is 1. The van der Waals surface area contributed by atoms with Crippen molar-refractivity contribution in [3.8, 4) is 0 Å². The topological polar surface area (TPSA) is 20.2 Å². The van der Waals surface area contributed by atoms with Crippen LogP contribution in [0.3, 0.4) is 0 Å². The van der Waals surface area contributed by atoms with E-state index in [-0.39, 0.29) is 0 Å². The van der Waals surface area contributed by atoms with Crippen molar-refractivity contribution in [2.24, 2.45) is 23.2 Å². The predicted octanol–water partition coefficient (Wildman–Crippen LogP) is 4.41. The van der Waals surface area contributed by atoms with Gasteiger partial charge in [-0.05, 0) is 49.4 Å². The molecule has 17 heavy (non-hydrogen) atoms. The second-order valence-corrected chi connectivity index (χ2v) is 6.75. The zero-order valence-corrected chi connectivity index (χ0v) is 12.3. The Balaban J connectivity index is 2.33. The molecule has 0 aromatic rings. The monoisotopic (exact) mass is 238 g/mol. The highest BCUT2D eigenvalue weighted by Crippen LogP contribution is 2.45. The quantitative estimate of drug-likeness (QED) is 0.679. The fourth-order valence-corrected chi connectivity index (χ4v) is 3.04. The van der Waals surface area contributed by atoms with Crippen LogP contribution >= 0.6 is 0 Å². The molecule has 0 heterocycles. The number of allylic oxidation sites excluding steroid dienone is 2. The van der Waals surface area contributed by atoms with E-state index in [4.69, 9.17) is 5.11 Å². The normalized spacial score (nSPS) is 26.7. The summed E-state index contributed by atoms with van der Waals surface area (Å²) in [6, 6.07) is 0. The number of hydrogen-bond donors (Lipinski definition) is 1. The van der Waals surface area contributed by atoms with E-state index >= 15 is 0 Å². The van der Waals surface area contributed by atoms with Crippen LogP contribution in [0.1, 0.15) is 60.3 Å². The molecule has 0 amide bonds. The summed E-state index contributed by atoms with van der Waals surface area (Å²) in [4.78, 5) is 0. The molecular formula is C16H30O. The number of rotatable bonds is 6. The molecule has 100 valence electrons. The van der Waals surface area contributed by atoms with E-state index in [0.717, 1.165) is 18.3 Å². The minimum atomic E-state index is 0.333. The average molecular weight is 238 g/mol. The second kappa shape index (κ2) is 6.04. The van der Waals surface area contributed by atoms with Gasteiger partial charge in [0.25, 0.3) is 0 Å². The highest BCUT2D eigenvalue weighted by Gasteiger charge is 2.34. The Hall–Kier alpha value is -0.300. The molecule has 0 unspecified atom stereocenters. The summed E-state index contributed by atoms with van der Waals surface area (Å²) in [7, 11) is 0. The van der Waals surface area contributed by atoms with Crippen molar-refractivity contribution in [1.29, 1.82) is 0 Å². The van der Waals surface area contributed by atoms with Crippen LogP contribution in [0.4, 0.5) is 0 Å². The van der Waals surface area contributed by atoms with Gasteiger partial charge in [0.15, 0.2) is 0 Å². The van der Waals surface area contributed by atoms with Crippen LogP contribution in [0.2, 0.25) is 0 Å². The fourth-order valence-electron chi connectivity index (χ4n) is 3.04. The predicted molar refractivity (Wildman–Crippen MR) is 74.9 cm³/mol. The van der Waals surface area contributed by atoms with Gasteiger partial charge in [-0.25, -0.2) is 0 Å². The maximum Gasteiger partial charge on any atom is 0.0456 e. The van der Waals surface area contributed by atoms with Crippen molar-refractivity contribution < 1.29 is 5.11 Å². The van der Waals surface area contributed by atoms with Gasteiger partial charge in [0.1, 0.15) is 0 Å². The van der Waals surface area contributed by atoms with Gasteiger partial charge >= 0.3 is 0 Å². The summed E-state index contributed by atoms with van der Waals surface area (Å²) in [5, 5.41) is 9.07. The average Bonchev–Trinajstić information content (AvgIpc) is 2.51. The van der Waals surface area contributed by atoms with Gasteiger partial charge in [-0.1, -0.05) is 45.8 Å². The molecular weight excluding hydrogens is 208 g/mol. The zero-order valence-electron chi connectivity index (χ0n) is 12.3. The van der Waals surface area contributed by atoms with E-state index in [0.29, 0.717) is 17.9 Å². The Kier molecular flexibility index (Phi) is 5.24. The Bertz CT molecular complexity index is 265. The van der Waals surface area contributed by atoms with Crippen molar-refractivity contribution >= 4 is 0 Å². The number of hydrogen-bond acceptors (Lipinski definition) is 1. The Morgan fingerprint density at radius 2 is 2.00 bits per heavy atom. The molecule has 1 aliphatic carbocycles. The minimum absolute atomic E-state index is 0.333. The maximum absolute atomic E-state index is 9.07. The van der Waals surface area contributed by atoms with Crippen molar-refractivity contribution in [1.82, 2.24) is 0 Å². The lowest BCUT2D eigenvalue weighted by Gasteiger charge is -2.30. The van der Waals surface area contributed by atoms with Crippen LogP contribution < -0.4 is 0 Å². The molecule has 0 saturated carbocycles. The first-order valence-electron chi connectivity index (χ1n) is 7.16. The first-order valence-corrected chi connectivity index (χ1v) is 7.16. The smallest absolute Gasteiger partial charge is 0.0456 e. The lowest BCUT2D eigenvalue weighted by atomic mass is 9.74. The summed E-state index contributed by atoms with van der Waals surface area (Å²) in [5.74, 6) is 2.03. The van der Waals surface area contributed by atoms with Gasteiger partial charge in [0.2, 0.25) is 0 Å². The van der Waals surface area contributed by atoms with Gasteiger partial charge in [-0.3, -0.25) is 0 Å².